The largest absolute Gasteiger partial charge is 0.480 e. The Kier molecular flexibility index (Phi) is 5.14. The third kappa shape index (κ3) is 4.84. The van der Waals surface area contributed by atoms with Crippen molar-refractivity contribution in [1.82, 2.24) is 10.2 Å². The summed E-state index contributed by atoms with van der Waals surface area (Å²) >= 11 is 0. The number of ether oxygens (including phenoxy) is 1. The quantitative estimate of drug-likeness (QED) is 0.607. The summed E-state index contributed by atoms with van der Waals surface area (Å²) in [4.78, 5) is 33.5. The van der Waals surface area contributed by atoms with E-state index in [9.17, 15) is 14.4 Å². The Bertz CT molecular complexity index is 266. The molecule has 1 atom stereocenters. The van der Waals surface area contributed by atoms with Crippen molar-refractivity contribution in [1.29, 1.82) is 0 Å². The number of amides is 2. The first-order chi connectivity index (χ1) is 6.88. The number of hydrogen-bond acceptors (Lipinski definition) is 4. The number of aliphatic carboxylic acids is 1. The normalized spacial score (nSPS) is 11.4. The Labute approximate surface area is 87.0 Å². The predicted molar refractivity (Wildman–Crippen MR) is 50.3 cm³/mol. The standard InChI is InChI=1S/C8H14N2O5/c1-5(7(12)13)9-8(14)10(2)4-6(11)15-3/h5H,4H2,1-3H3,(H,9,14)(H,12,13)/t5-/m0/s1. The second kappa shape index (κ2) is 5.84. The number of carbonyl (C=O) groups is 3. The molecule has 0 unspecified atom stereocenters. The second-order valence-corrected chi connectivity index (χ2v) is 2.94. The topological polar surface area (TPSA) is 95.9 Å². The first kappa shape index (κ1) is 13.2. The van der Waals surface area contributed by atoms with Crippen LogP contribution >= 0.6 is 0 Å². The highest BCUT2D eigenvalue weighted by atomic mass is 16.5. The number of urea groups is 1. The number of nitrogens with zero attached hydrogens (tertiary/aromatic N) is 1. The Morgan fingerprint density at radius 3 is 2.40 bits per heavy atom. The molecule has 2 N–H and O–H groups in total. The van der Waals surface area contributed by atoms with Gasteiger partial charge in [0.25, 0.3) is 0 Å². The molecule has 0 aromatic carbocycles. The number of carboxylic acids is 1. The van der Waals surface area contributed by atoms with Crippen LogP contribution in [0.2, 0.25) is 0 Å². The SMILES string of the molecule is COC(=O)CN(C)C(=O)N[C@@H](C)C(=O)O. The molecule has 86 valence electrons. The Morgan fingerprint density at radius 1 is 1.47 bits per heavy atom. The van der Waals surface area contributed by atoms with Gasteiger partial charge in [-0.15, -0.1) is 0 Å². The molecule has 0 spiro atoms. The van der Waals surface area contributed by atoms with Crippen LogP contribution in [-0.2, 0) is 14.3 Å². The maximum atomic E-state index is 11.3. The average molecular weight is 218 g/mol. The zero-order valence-electron chi connectivity index (χ0n) is 8.81. The molecule has 0 aliphatic heterocycles. The van der Waals surface area contributed by atoms with Crippen LogP contribution in [0.5, 0.6) is 0 Å². The summed E-state index contributed by atoms with van der Waals surface area (Å²) in [5.41, 5.74) is 0. The summed E-state index contributed by atoms with van der Waals surface area (Å²) in [6.07, 6.45) is 0. The lowest BCUT2D eigenvalue weighted by Gasteiger charge is -2.18. The number of likely N-dealkylation sites (N-methyl/N-ethyl adjacent to an activating group) is 1. The van der Waals surface area contributed by atoms with Crippen LogP contribution in [0, 0.1) is 0 Å². The van der Waals surface area contributed by atoms with Gasteiger partial charge in [0.2, 0.25) is 0 Å². The molecule has 0 bridgehead atoms. The van der Waals surface area contributed by atoms with Gasteiger partial charge in [0.15, 0.2) is 0 Å². The molecule has 0 rings (SSSR count). The van der Waals surface area contributed by atoms with E-state index in [1.165, 1.54) is 21.1 Å². The monoisotopic (exact) mass is 218 g/mol. The molecule has 0 aromatic rings. The van der Waals surface area contributed by atoms with Gasteiger partial charge in [0, 0.05) is 7.05 Å². The van der Waals surface area contributed by atoms with Crippen molar-refractivity contribution >= 4 is 18.0 Å². The zero-order valence-corrected chi connectivity index (χ0v) is 8.81. The maximum absolute atomic E-state index is 11.3. The third-order valence-corrected chi connectivity index (χ3v) is 1.65. The van der Waals surface area contributed by atoms with Gasteiger partial charge in [0.05, 0.1) is 7.11 Å². The summed E-state index contributed by atoms with van der Waals surface area (Å²) in [5.74, 6) is -1.72. The van der Waals surface area contributed by atoms with E-state index < -0.39 is 24.0 Å². The summed E-state index contributed by atoms with van der Waals surface area (Å²) in [5, 5.41) is 10.7. The molecule has 0 aliphatic rings. The van der Waals surface area contributed by atoms with Crippen LogP contribution in [0.1, 0.15) is 6.92 Å². The molecule has 2 amide bonds. The first-order valence-corrected chi connectivity index (χ1v) is 4.19. The van der Waals surface area contributed by atoms with Gasteiger partial charge >= 0.3 is 18.0 Å². The molecule has 0 aliphatic carbocycles. The molecule has 7 nitrogen and oxygen atoms in total. The number of carbonyl (C=O) groups excluding carboxylic acids is 2. The minimum Gasteiger partial charge on any atom is -0.480 e. The lowest BCUT2D eigenvalue weighted by atomic mass is 10.3. The van der Waals surface area contributed by atoms with E-state index in [1.54, 1.807) is 0 Å². The highest BCUT2D eigenvalue weighted by Crippen LogP contribution is 1.89. The van der Waals surface area contributed by atoms with E-state index in [1.807, 2.05) is 0 Å². The van der Waals surface area contributed by atoms with E-state index in [4.69, 9.17) is 5.11 Å². The number of carboxylic acid groups (broad SMARTS) is 1. The van der Waals surface area contributed by atoms with Crippen LogP contribution in [0.15, 0.2) is 0 Å². The fourth-order valence-electron chi connectivity index (χ4n) is 0.687. The molecular formula is C8H14N2O5. The van der Waals surface area contributed by atoms with Crippen molar-refractivity contribution in [3.8, 4) is 0 Å². The predicted octanol–water partition coefficient (Wildman–Crippen LogP) is -0.726. The molecule has 7 heteroatoms. The minimum absolute atomic E-state index is 0.228. The zero-order chi connectivity index (χ0) is 12.0. The third-order valence-electron chi connectivity index (χ3n) is 1.65. The van der Waals surface area contributed by atoms with Gasteiger partial charge in [0.1, 0.15) is 12.6 Å². The molecule has 0 saturated heterocycles. The lowest BCUT2D eigenvalue weighted by molar-refractivity contribution is -0.141. The molecule has 0 aromatic heterocycles. The first-order valence-electron chi connectivity index (χ1n) is 4.19. The summed E-state index contributed by atoms with van der Waals surface area (Å²) < 4.78 is 4.35. The molecule has 0 fully saturated rings. The van der Waals surface area contributed by atoms with Gasteiger partial charge in [-0.05, 0) is 6.92 Å². The van der Waals surface area contributed by atoms with Crippen molar-refractivity contribution < 1.29 is 24.2 Å². The fourth-order valence-corrected chi connectivity index (χ4v) is 0.687. The molecule has 0 heterocycles. The average Bonchev–Trinajstić information content (AvgIpc) is 2.16. The van der Waals surface area contributed by atoms with Crippen LogP contribution < -0.4 is 5.32 Å². The highest BCUT2D eigenvalue weighted by Gasteiger charge is 2.18. The Hall–Kier alpha value is -1.79. The summed E-state index contributed by atoms with van der Waals surface area (Å²) in [7, 11) is 2.56. The Morgan fingerprint density at radius 2 is 2.00 bits per heavy atom. The number of hydrogen-bond donors (Lipinski definition) is 2. The van der Waals surface area contributed by atoms with Gasteiger partial charge in [-0.2, -0.15) is 0 Å². The highest BCUT2D eigenvalue weighted by molar-refractivity contribution is 5.84. The van der Waals surface area contributed by atoms with Gasteiger partial charge in [-0.1, -0.05) is 0 Å². The van der Waals surface area contributed by atoms with Crippen molar-refractivity contribution in [3.05, 3.63) is 0 Å². The van der Waals surface area contributed by atoms with E-state index >= 15 is 0 Å². The van der Waals surface area contributed by atoms with Crippen LogP contribution in [0.3, 0.4) is 0 Å². The number of esters is 1. The fraction of sp³-hybridized carbons (Fsp3) is 0.625. The molecule has 15 heavy (non-hydrogen) atoms. The van der Waals surface area contributed by atoms with E-state index in [0.717, 1.165) is 4.90 Å². The summed E-state index contributed by atoms with van der Waals surface area (Å²) in [6, 6.07) is -1.65. The van der Waals surface area contributed by atoms with Crippen molar-refractivity contribution in [2.24, 2.45) is 0 Å². The number of nitrogens with one attached hydrogen (secondary N) is 1. The second-order valence-electron chi connectivity index (χ2n) is 2.94. The van der Waals surface area contributed by atoms with Crippen molar-refractivity contribution in [2.45, 2.75) is 13.0 Å². The molecule has 0 saturated carbocycles. The van der Waals surface area contributed by atoms with Crippen LogP contribution in [-0.4, -0.2) is 54.7 Å². The van der Waals surface area contributed by atoms with Gasteiger partial charge < -0.3 is 20.1 Å². The van der Waals surface area contributed by atoms with E-state index in [0.29, 0.717) is 0 Å². The van der Waals surface area contributed by atoms with Crippen molar-refractivity contribution in [2.75, 3.05) is 20.7 Å². The van der Waals surface area contributed by atoms with E-state index in [-0.39, 0.29) is 6.54 Å². The number of rotatable bonds is 4. The number of methoxy groups -OCH3 is 1. The smallest absolute Gasteiger partial charge is 0.325 e. The summed E-state index contributed by atoms with van der Waals surface area (Å²) in [6.45, 7) is 1.10. The van der Waals surface area contributed by atoms with Crippen LogP contribution in [0.4, 0.5) is 4.79 Å². The molecule has 0 radical (unpaired) electrons. The Balaban J connectivity index is 4.10. The van der Waals surface area contributed by atoms with Crippen LogP contribution in [0.25, 0.3) is 0 Å². The maximum Gasteiger partial charge on any atom is 0.325 e. The minimum atomic E-state index is -1.14. The molecular weight excluding hydrogens is 204 g/mol. The lowest BCUT2D eigenvalue weighted by Crippen LogP contribution is -2.46. The van der Waals surface area contributed by atoms with E-state index in [2.05, 4.69) is 10.1 Å². The van der Waals surface area contributed by atoms with Gasteiger partial charge in [-0.25, -0.2) is 4.79 Å². The van der Waals surface area contributed by atoms with Crippen molar-refractivity contribution in [3.63, 3.8) is 0 Å². The van der Waals surface area contributed by atoms with Gasteiger partial charge in [-0.3, -0.25) is 9.59 Å².